The van der Waals surface area contributed by atoms with Gasteiger partial charge in [0.2, 0.25) is 11.8 Å². The molecule has 0 radical (unpaired) electrons. The molecule has 0 aromatic heterocycles. The highest BCUT2D eigenvalue weighted by atomic mass is 32.2. The summed E-state index contributed by atoms with van der Waals surface area (Å²) < 4.78 is 24.4. The van der Waals surface area contributed by atoms with Gasteiger partial charge in [0, 0.05) is 42.7 Å². The largest absolute Gasteiger partial charge is 0.459 e. The number of amides is 2. The van der Waals surface area contributed by atoms with Crippen LogP contribution in [0.3, 0.4) is 0 Å². The van der Waals surface area contributed by atoms with Crippen LogP contribution < -0.4 is 0 Å². The Morgan fingerprint density at radius 2 is 1.75 bits per heavy atom. The van der Waals surface area contributed by atoms with E-state index >= 15 is 0 Å². The van der Waals surface area contributed by atoms with Gasteiger partial charge in [-0.15, -0.1) is 11.8 Å². The first-order valence-electron chi connectivity index (χ1n) is 27.4. The lowest BCUT2D eigenvalue weighted by atomic mass is 9.43. The van der Waals surface area contributed by atoms with Crippen molar-refractivity contribution in [3.05, 3.63) is 58.7 Å². The quantitative estimate of drug-likeness (QED) is 0.0497. The highest BCUT2D eigenvalue weighted by molar-refractivity contribution is 8.01. The van der Waals surface area contributed by atoms with E-state index in [1.54, 1.807) is 0 Å². The van der Waals surface area contributed by atoms with Gasteiger partial charge in [-0.1, -0.05) is 71.9 Å². The molecule has 14 heteroatoms. The standard InChI is InChI=1S/C58H79NO12S/c1-32(39-20-21-40-35(12-9-24-55(39,40)6)17-16-34-11-8-13-42(60)33(34)2)15-22-44(36-18-19-36)69-49(64)31-72-45-28-47(62)59(52(45)65)26-10-14-48(63)70-51-50(54(3,4)5)43(61)29-57(67)56(7)25-23-37-38(30-68-53(37)66)41(56)27-46-58(51,57)71-46/h15-17,22,32,36,39-46,50-51,60-61,67H,2,8-14,18-21,23-31H2,1,3-7H3/b22-15+,34-16-,35-17+/t32-,39?,40?,41-,42-,43-,44?,45?,46-,50+,51+,55+,56-,57+,58+/m0/s1. The van der Waals surface area contributed by atoms with Gasteiger partial charge in [0.05, 0.1) is 29.3 Å². The van der Waals surface area contributed by atoms with Crippen LogP contribution in [0.25, 0.3) is 0 Å². The zero-order valence-electron chi connectivity index (χ0n) is 43.5. The van der Waals surface area contributed by atoms with Gasteiger partial charge < -0.3 is 34.3 Å². The second kappa shape index (κ2) is 19.2. The maximum absolute atomic E-state index is 13.9. The van der Waals surface area contributed by atoms with Crippen molar-refractivity contribution in [1.82, 2.24) is 4.90 Å². The minimum absolute atomic E-state index is 0.0146. The molecular formula is C58H79NO12S. The monoisotopic (exact) mass is 1010 g/mol. The van der Waals surface area contributed by atoms with Gasteiger partial charge in [-0.3, -0.25) is 24.1 Å². The maximum Gasteiger partial charge on any atom is 0.334 e. The molecule has 3 heterocycles. The average Bonchev–Trinajstić information content (AvgIpc) is 4.21. The maximum atomic E-state index is 13.9. The van der Waals surface area contributed by atoms with Gasteiger partial charge >= 0.3 is 17.9 Å². The molecule has 2 amide bonds. The summed E-state index contributed by atoms with van der Waals surface area (Å²) >= 11 is 1.13. The van der Waals surface area contributed by atoms with Gasteiger partial charge in [0.15, 0.2) is 5.60 Å². The van der Waals surface area contributed by atoms with Crippen molar-refractivity contribution in [1.29, 1.82) is 0 Å². The molecular weight excluding hydrogens is 935 g/mol. The predicted octanol–water partition coefficient (Wildman–Crippen LogP) is 8.19. The highest BCUT2D eigenvalue weighted by Gasteiger charge is 2.86. The number of cyclic esters (lactones) is 1. The molecule has 8 fully saturated rings. The van der Waals surface area contributed by atoms with Gasteiger partial charge in [0.1, 0.15) is 24.4 Å². The number of thioether (sulfide) groups is 1. The molecule has 15 atom stereocenters. The van der Waals surface area contributed by atoms with Crippen LogP contribution in [0.4, 0.5) is 0 Å². The van der Waals surface area contributed by atoms with Crippen LogP contribution in [0.1, 0.15) is 151 Å². The predicted molar refractivity (Wildman–Crippen MR) is 270 cm³/mol. The average molecular weight is 1010 g/mol. The lowest BCUT2D eigenvalue weighted by Gasteiger charge is -2.62. The molecule has 72 heavy (non-hydrogen) atoms. The van der Waals surface area contributed by atoms with E-state index in [0.29, 0.717) is 42.6 Å². The molecule has 6 saturated carbocycles. The lowest BCUT2D eigenvalue weighted by Crippen LogP contribution is -2.75. The number of carbonyl (C=O) groups is 5. The summed E-state index contributed by atoms with van der Waals surface area (Å²) in [4.78, 5) is 67.8. The summed E-state index contributed by atoms with van der Waals surface area (Å²) in [5.74, 6) is -1.18. The number of epoxide rings is 1. The molecule has 13 nitrogen and oxygen atoms in total. The summed E-state index contributed by atoms with van der Waals surface area (Å²) in [5, 5.41) is 34.4. The van der Waals surface area contributed by atoms with E-state index in [0.717, 1.165) is 67.9 Å². The van der Waals surface area contributed by atoms with E-state index in [1.807, 2.05) is 27.7 Å². The van der Waals surface area contributed by atoms with Crippen LogP contribution in [0.2, 0.25) is 0 Å². The zero-order chi connectivity index (χ0) is 51.3. The van der Waals surface area contributed by atoms with E-state index in [2.05, 4.69) is 44.7 Å². The number of imide groups is 1. The van der Waals surface area contributed by atoms with E-state index < -0.39 is 69.6 Å². The Morgan fingerprint density at radius 3 is 2.50 bits per heavy atom. The second-order valence-electron chi connectivity index (χ2n) is 25.1. The Bertz CT molecular complexity index is 2380. The van der Waals surface area contributed by atoms with Crippen LogP contribution in [0.15, 0.2) is 58.7 Å². The number of esters is 3. The number of hydrogen-bond acceptors (Lipinski definition) is 13. The van der Waals surface area contributed by atoms with Crippen molar-refractivity contribution < 1.29 is 58.2 Å². The Labute approximate surface area is 430 Å². The van der Waals surface area contributed by atoms with E-state index in [1.165, 1.54) is 35.3 Å². The third-order valence-corrected chi connectivity index (χ3v) is 21.2. The molecule has 2 saturated heterocycles. The van der Waals surface area contributed by atoms with Crippen LogP contribution >= 0.6 is 11.8 Å². The minimum atomic E-state index is -1.56. The first kappa shape index (κ1) is 51.9. The van der Waals surface area contributed by atoms with Crippen molar-refractivity contribution in [2.75, 3.05) is 18.9 Å². The van der Waals surface area contributed by atoms with Crippen molar-refractivity contribution >= 4 is 41.5 Å². The highest BCUT2D eigenvalue weighted by Crippen LogP contribution is 2.73. The van der Waals surface area contributed by atoms with Crippen molar-refractivity contribution in [3.8, 4) is 0 Å². The summed E-state index contributed by atoms with van der Waals surface area (Å²) in [7, 11) is 0. The number of hydrogen-bond donors (Lipinski definition) is 3. The van der Waals surface area contributed by atoms with Gasteiger partial charge in [-0.2, -0.15) is 0 Å². The lowest BCUT2D eigenvalue weighted by molar-refractivity contribution is -0.260. The number of likely N-dealkylation sites (tertiary alicyclic amines) is 1. The van der Waals surface area contributed by atoms with Crippen LogP contribution in [-0.2, 0) is 42.9 Å². The molecule has 0 aromatic carbocycles. The number of allylic oxidation sites excluding steroid dienone is 4. The Hall–Kier alpha value is -3.56. The topological polar surface area (TPSA) is 190 Å². The first-order valence-corrected chi connectivity index (χ1v) is 28.4. The summed E-state index contributed by atoms with van der Waals surface area (Å²) in [6, 6.07) is 0. The molecule has 3 aliphatic heterocycles. The first-order chi connectivity index (χ1) is 34.1. The van der Waals surface area contributed by atoms with Crippen molar-refractivity contribution in [3.63, 3.8) is 0 Å². The third kappa shape index (κ3) is 8.84. The van der Waals surface area contributed by atoms with Crippen LogP contribution in [0, 0.1) is 51.8 Å². The molecule has 1 spiro atoms. The number of carbonyl (C=O) groups excluding carboxylic acids is 5. The summed E-state index contributed by atoms with van der Waals surface area (Å²) in [6.45, 7) is 17.1. The number of fused-ring (bicyclic) bond motifs is 4. The number of nitrogens with zero attached hydrogens (tertiary/aromatic N) is 1. The van der Waals surface area contributed by atoms with Crippen molar-refractivity contribution in [2.45, 2.75) is 198 Å². The number of ether oxygens (including phenoxy) is 4. The number of rotatable bonds is 14. The van der Waals surface area contributed by atoms with Gasteiger partial charge in [-0.05, 0) is 153 Å². The summed E-state index contributed by atoms with van der Waals surface area (Å²) in [6.07, 6.45) is 17.8. The fourth-order valence-corrected chi connectivity index (χ4v) is 16.9. The Kier molecular flexibility index (Phi) is 13.9. The Morgan fingerprint density at radius 1 is 0.972 bits per heavy atom. The third-order valence-electron chi connectivity index (χ3n) is 20.0. The molecule has 4 unspecified atom stereocenters. The molecule has 10 aliphatic rings. The fraction of sp³-hybridized carbons (Fsp3) is 0.741. The Balaban J connectivity index is 0.712. The molecule has 3 N–H and O–H groups in total. The van der Waals surface area contributed by atoms with E-state index in [4.69, 9.17) is 18.9 Å². The summed E-state index contributed by atoms with van der Waals surface area (Å²) in [5.41, 5.74) is 1.26. The molecule has 7 aliphatic carbocycles. The normalized spacial score (nSPS) is 41.5. The zero-order valence-corrected chi connectivity index (χ0v) is 44.3. The van der Waals surface area contributed by atoms with Crippen LogP contribution in [-0.4, -0.2) is 116 Å². The van der Waals surface area contributed by atoms with E-state index in [-0.39, 0.29) is 85.7 Å². The molecule has 0 bridgehead atoms. The fourth-order valence-electron chi connectivity index (χ4n) is 15.9. The molecule has 394 valence electrons. The van der Waals surface area contributed by atoms with Crippen molar-refractivity contribution in [2.24, 2.45) is 51.8 Å². The van der Waals surface area contributed by atoms with Gasteiger partial charge in [-0.25, -0.2) is 4.79 Å². The second-order valence-corrected chi connectivity index (χ2v) is 26.3. The van der Waals surface area contributed by atoms with Gasteiger partial charge in [0.25, 0.3) is 0 Å². The molecule has 0 aromatic rings. The molecule has 10 rings (SSSR count). The smallest absolute Gasteiger partial charge is 0.334 e. The van der Waals surface area contributed by atoms with E-state index in [9.17, 15) is 39.3 Å². The number of aliphatic hydroxyl groups is 3. The minimum Gasteiger partial charge on any atom is -0.459 e. The SMILES string of the molecule is C=C1/C(=C\C=C2/CCC[C@@]3(C)C2CCC3[C@@H](C)/C=C/C(OC(=O)CSC2CC(=O)N(CCCC(=O)O[C@@H]3[C@H](C(C)(C)C)[C@@H](O)C[C@]4(O)[C@]35O[C@H]5C[C@H]3C5=C(CC[C@@]34C)C(=O)OC5)C2=O)C2CC2)CCC[C@@H]1O. The van der Waals surface area contributed by atoms with Crippen LogP contribution in [0.5, 0.6) is 0 Å². The number of aliphatic hydroxyl groups excluding tert-OH is 2.